The maximum Gasteiger partial charge on any atom is 0.271 e. The van der Waals surface area contributed by atoms with Crippen LogP contribution >= 0.6 is 11.6 Å². The van der Waals surface area contributed by atoms with E-state index in [-0.39, 0.29) is 16.6 Å². The van der Waals surface area contributed by atoms with Gasteiger partial charge in [-0.05, 0) is 19.1 Å². The van der Waals surface area contributed by atoms with Crippen LogP contribution in [0.25, 0.3) is 0 Å². The second-order valence-electron chi connectivity index (χ2n) is 4.23. The molecule has 2 aromatic rings. The van der Waals surface area contributed by atoms with E-state index in [1.807, 2.05) is 14.0 Å². The van der Waals surface area contributed by atoms with Crippen LogP contribution in [0, 0.1) is 6.92 Å². The molecule has 2 heterocycles. The predicted molar refractivity (Wildman–Crippen MR) is 76.2 cm³/mol. The lowest BCUT2D eigenvalue weighted by molar-refractivity contribution is 0.0946. The maximum atomic E-state index is 12.1. The van der Waals surface area contributed by atoms with Crippen molar-refractivity contribution in [2.45, 2.75) is 13.5 Å². The van der Waals surface area contributed by atoms with Gasteiger partial charge in [-0.2, -0.15) is 5.10 Å². The zero-order valence-corrected chi connectivity index (χ0v) is 11.9. The molecule has 0 unspecified atom stereocenters. The molecule has 2 aromatic heterocycles. The molecule has 0 saturated carbocycles. The minimum atomic E-state index is -0.365. The Hall–Kier alpha value is -2.12. The lowest BCUT2D eigenvalue weighted by atomic mass is 10.2. The molecule has 4 N–H and O–H groups in total. The van der Waals surface area contributed by atoms with E-state index in [0.717, 1.165) is 11.3 Å². The Balaban J connectivity index is 2.10. The number of carbonyl (C=O) groups is 1. The summed E-state index contributed by atoms with van der Waals surface area (Å²) in [5.74, 6) is 5.27. The van der Waals surface area contributed by atoms with Crippen LogP contribution in [-0.2, 0) is 13.6 Å². The lowest BCUT2D eigenvalue weighted by Gasteiger charge is -2.07. The third-order valence-corrected chi connectivity index (χ3v) is 3.29. The zero-order chi connectivity index (χ0) is 14.7. The van der Waals surface area contributed by atoms with Crippen molar-refractivity contribution in [3.05, 3.63) is 40.3 Å². The van der Waals surface area contributed by atoms with Crippen LogP contribution in [0.3, 0.4) is 0 Å². The molecular formula is C12H15ClN6O. The second kappa shape index (κ2) is 5.89. The van der Waals surface area contributed by atoms with Crippen molar-refractivity contribution in [3.63, 3.8) is 0 Å². The average molecular weight is 295 g/mol. The first kappa shape index (κ1) is 14.3. The molecule has 0 spiro atoms. The second-order valence-corrected chi connectivity index (χ2v) is 4.64. The minimum Gasteiger partial charge on any atom is -0.346 e. The Bertz CT molecular complexity index is 639. The number of pyridine rings is 1. The van der Waals surface area contributed by atoms with Crippen molar-refractivity contribution < 1.29 is 4.79 Å². The molecule has 7 nitrogen and oxygen atoms in total. The lowest BCUT2D eigenvalue weighted by Crippen LogP contribution is -2.25. The quantitative estimate of drug-likeness (QED) is 0.577. The fraction of sp³-hybridized carbons (Fsp3) is 0.250. The van der Waals surface area contributed by atoms with E-state index in [9.17, 15) is 4.79 Å². The van der Waals surface area contributed by atoms with Gasteiger partial charge in [0.1, 0.15) is 11.5 Å². The van der Waals surface area contributed by atoms with Crippen molar-refractivity contribution >= 4 is 23.3 Å². The van der Waals surface area contributed by atoms with Gasteiger partial charge in [0, 0.05) is 24.8 Å². The van der Waals surface area contributed by atoms with Gasteiger partial charge in [-0.3, -0.25) is 9.48 Å². The molecular weight excluding hydrogens is 280 g/mol. The third kappa shape index (κ3) is 2.89. The standard InChI is InChI=1S/C12H15ClN6O/c1-7-8(6-16-19(7)2)5-15-12(20)11-9(13)3-4-10(17-11)18-14/h3-4,6H,5,14H2,1-2H3,(H,15,20)(H,17,18). The highest BCUT2D eigenvalue weighted by atomic mass is 35.5. The number of hydrazine groups is 1. The maximum absolute atomic E-state index is 12.1. The molecule has 2 rings (SSSR count). The molecule has 0 atom stereocenters. The van der Waals surface area contributed by atoms with Gasteiger partial charge < -0.3 is 10.7 Å². The van der Waals surface area contributed by atoms with Crippen molar-refractivity contribution in [2.24, 2.45) is 12.9 Å². The number of halogens is 1. The van der Waals surface area contributed by atoms with Gasteiger partial charge in [-0.1, -0.05) is 11.6 Å². The summed E-state index contributed by atoms with van der Waals surface area (Å²) in [4.78, 5) is 16.1. The summed E-state index contributed by atoms with van der Waals surface area (Å²) in [6, 6.07) is 3.15. The van der Waals surface area contributed by atoms with Crippen LogP contribution < -0.4 is 16.6 Å². The number of nitrogen functional groups attached to an aromatic ring is 1. The summed E-state index contributed by atoms with van der Waals surface area (Å²) < 4.78 is 1.74. The molecule has 0 aliphatic carbocycles. The SMILES string of the molecule is Cc1c(CNC(=O)c2nc(NN)ccc2Cl)cnn1C. The topological polar surface area (TPSA) is 97.9 Å². The number of amides is 1. The number of hydrogen-bond donors (Lipinski definition) is 3. The number of anilines is 1. The first-order valence-corrected chi connectivity index (χ1v) is 6.29. The van der Waals surface area contributed by atoms with E-state index in [2.05, 4.69) is 20.8 Å². The third-order valence-electron chi connectivity index (χ3n) is 2.99. The molecule has 1 amide bonds. The summed E-state index contributed by atoms with van der Waals surface area (Å²) in [5, 5.41) is 7.13. The predicted octanol–water partition coefficient (Wildman–Crippen LogP) is 0.993. The molecule has 106 valence electrons. The Morgan fingerprint density at radius 2 is 2.25 bits per heavy atom. The number of carbonyl (C=O) groups excluding carboxylic acids is 1. The monoisotopic (exact) mass is 294 g/mol. The number of nitrogens with zero attached hydrogens (tertiary/aromatic N) is 3. The minimum absolute atomic E-state index is 0.128. The van der Waals surface area contributed by atoms with Crippen molar-refractivity contribution in [2.75, 3.05) is 5.43 Å². The molecule has 0 aliphatic heterocycles. The molecule has 8 heteroatoms. The number of hydrogen-bond acceptors (Lipinski definition) is 5. The van der Waals surface area contributed by atoms with E-state index in [4.69, 9.17) is 17.4 Å². The largest absolute Gasteiger partial charge is 0.346 e. The summed E-state index contributed by atoms with van der Waals surface area (Å²) in [7, 11) is 1.84. The van der Waals surface area contributed by atoms with E-state index in [1.54, 1.807) is 23.0 Å². The first-order chi connectivity index (χ1) is 9.52. The fourth-order valence-electron chi connectivity index (χ4n) is 1.66. The highest BCUT2D eigenvalue weighted by Crippen LogP contribution is 2.16. The Morgan fingerprint density at radius 1 is 1.50 bits per heavy atom. The van der Waals surface area contributed by atoms with Gasteiger partial charge in [0.2, 0.25) is 0 Å². The van der Waals surface area contributed by atoms with Crippen molar-refractivity contribution in [1.82, 2.24) is 20.1 Å². The molecule has 0 fully saturated rings. The fourth-order valence-corrected chi connectivity index (χ4v) is 1.85. The molecule has 0 saturated heterocycles. The number of aromatic nitrogens is 3. The summed E-state index contributed by atoms with van der Waals surface area (Å²) in [5.41, 5.74) is 4.42. The van der Waals surface area contributed by atoms with Crippen molar-refractivity contribution in [1.29, 1.82) is 0 Å². The smallest absolute Gasteiger partial charge is 0.271 e. The van der Waals surface area contributed by atoms with Gasteiger partial charge in [-0.15, -0.1) is 0 Å². The molecule has 0 bridgehead atoms. The van der Waals surface area contributed by atoms with Gasteiger partial charge >= 0.3 is 0 Å². The van der Waals surface area contributed by atoms with Crippen LogP contribution in [0.5, 0.6) is 0 Å². The van der Waals surface area contributed by atoms with Crippen LogP contribution in [0.4, 0.5) is 5.82 Å². The number of aryl methyl sites for hydroxylation is 1. The summed E-state index contributed by atoms with van der Waals surface area (Å²) in [6.07, 6.45) is 1.71. The van der Waals surface area contributed by atoms with E-state index in [1.165, 1.54) is 0 Å². The normalized spacial score (nSPS) is 10.4. The van der Waals surface area contributed by atoms with Crippen molar-refractivity contribution in [3.8, 4) is 0 Å². The average Bonchev–Trinajstić information content (AvgIpc) is 2.77. The van der Waals surface area contributed by atoms with E-state index in [0.29, 0.717) is 12.4 Å². The Kier molecular flexibility index (Phi) is 4.21. The van der Waals surface area contributed by atoms with E-state index < -0.39 is 0 Å². The number of nitrogens with one attached hydrogen (secondary N) is 2. The van der Waals surface area contributed by atoms with Gasteiger partial charge in [0.05, 0.1) is 11.2 Å². The summed E-state index contributed by atoms with van der Waals surface area (Å²) in [6.45, 7) is 2.29. The van der Waals surface area contributed by atoms with Crippen LogP contribution in [0.2, 0.25) is 5.02 Å². The van der Waals surface area contributed by atoms with Gasteiger partial charge in [0.15, 0.2) is 0 Å². The highest BCUT2D eigenvalue weighted by molar-refractivity contribution is 6.33. The highest BCUT2D eigenvalue weighted by Gasteiger charge is 2.14. The number of rotatable bonds is 4. The van der Waals surface area contributed by atoms with Crippen LogP contribution in [-0.4, -0.2) is 20.7 Å². The van der Waals surface area contributed by atoms with Crippen LogP contribution in [0.15, 0.2) is 18.3 Å². The molecule has 20 heavy (non-hydrogen) atoms. The van der Waals surface area contributed by atoms with Crippen LogP contribution in [0.1, 0.15) is 21.7 Å². The number of nitrogens with two attached hydrogens (primary N) is 1. The Morgan fingerprint density at radius 3 is 2.85 bits per heavy atom. The summed E-state index contributed by atoms with van der Waals surface area (Å²) >= 11 is 5.96. The zero-order valence-electron chi connectivity index (χ0n) is 11.1. The van der Waals surface area contributed by atoms with Gasteiger partial charge in [0.25, 0.3) is 5.91 Å². The van der Waals surface area contributed by atoms with Gasteiger partial charge in [-0.25, -0.2) is 10.8 Å². The molecule has 0 aromatic carbocycles. The van der Waals surface area contributed by atoms with E-state index >= 15 is 0 Å². The first-order valence-electron chi connectivity index (χ1n) is 5.91. The molecule has 0 aliphatic rings. The Labute approximate surface area is 121 Å². The molecule has 0 radical (unpaired) electrons.